The van der Waals surface area contributed by atoms with E-state index in [1.807, 2.05) is 11.8 Å². The van der Waals surface area contributed by atoms with E-state index < -0.39 is 0 Å². The molecule has 1 heterocycles. The van der Waals surface area contributed by atoms with Crippen molar-refractivity contribution >= 4 is 23.2 Å². The van der Waals surface area contributed by atoms with Crippen molar-refractivity contribution in [1.29, 1.82) is 0 Å². The van der Waals surface area contributed by atoms with Crippen LogP contribution in [0.4, 0.5) is 5.69 Å². The van der Waals surface area contributed by atoms with Crippen LogP contribution < -0.4 is 10.1 Å². The van der Waals surface area contributed by atoms with Gasteiger partial charge in [0.1, 0.15) is 5.75 Å². The molecule has 2 rings (SSSR count). The van der Waals surface area contributed by atoms with Crippen LogP contribution in [0.2, 0.25) is 5.02 Å². The fraction of sp³-hybridized carbons (Fsp3) is 0.562. The van der Waals surface area contributed by atoms with Gasteiger partial charge in [-0.05, 0) is 38.0 Å². The lowest BCUT2D eigenvalue weighted by Gasteiger charge is -2.36. The number of aliphatic hydroxyl groups is 1. The third-order valence-electron chi connectivity index (χ3n) is 3.98. The molecule has 0 spiro atoms. The minimum absolute atomic E-state index is 0.0944. The molecule has 2 atom stereocenters. The first-order valence-corrected chi connectivity index (χ1v) is 7.94. The van der Waals surface area contributed by atoms with Gasteiger partial charge in [-0.25, -0.2) is 0 Å². The molecule has 1 aromatic rings. The number of amides is 1. The minimum atomic E-state index is -0.284. The zero-order valence-corrected chi connectivity index (χ0v) is 13.8. The topological polar surface area (TPSA) is 61.8 Å². The number of piperidine rings is 1. The van der Waals surface area contributed by atoms with Gasteiger partial charge in [0.15, 0.2) is 0 Å². The summed E-state index contributed by atoms with van der Waals surface area (Å²) in [4.78, 5) is 14.1. The van der Waals surface area contributed by atoms with E-state index >= 15 is 0 Å². The molecule has 0 radical (unpaired) electrons. The fourth-order valence-corrected chi connectivity index (χ4v) is 2.96. The van der Waals surface area contributed by atoms with Gasteiger partial charge in [-0.1, -0.05) is 11.6 Å². The molecule has 122 valence electrons. The zero-order chi connectivity index (χ0) is 16.1. The van der Waals surface area contributed by atoms with E-state index in [2.05, 4.69) is 5.32 Å². The number of nitrogens with one attached hydrogen (secondary N) is 1. The van der Waals surface area contributed by atoms with Gasteiger partial charge in [0.05, 0.1) is 18.9 Å². The molecule has 0 aromatic heterocycles. The number of anilines is 1. The Morgan fingerprint density at radius 2 is 2.32 bits per heavy atom. The molecule has 1 saturated heterocycles. The number of nitrogens with zero attached hydrogens (tertiary/aromatic N) is 1. The van der Waals surface area contributed by atoms with Gasteiger partial charge >= 0.3 is 0 Å². The SMILES string of the molecule is COc1ccc(Cl)cc1NCCC(=O)N1CC[C@H](O)C[C@@H]1C. The maximum atomic E-state index is 12.3. The van der Waals surface area contributed by atoms with Crippen LogP contribution in [0.3, 0.4) is 0 Å². The van der Waals surface area contributed by atoms with Crippen LogP contribution in [0.15, 0.2) is 18.2 Å². The second kappa shape index (κ2) is 7.70. The summed E-state index contributed by atoms with van der Waals surface area (Å²) in [6.45, 7) is 3.12. The molecule has 0 unspecified atom stereocenters. The van der Waals surface area contributed by atoms with Crippen LogP contribution in [-0.2, 0) is 4.79 Å². The Bertz CT molecular complexity index is 524. The number of hydrogen-bond acceptors (Lipinski definition) is 4. The van der Waals surface area contributed by atoms with Crippen LogP contribution in [0.25, 0.3) is 0 Å². The van der Waals surface area contributed by atoms with Crippen LogP contribution >= 0.6 is 11.6 Å². The lowest BCUT2D eigenvalue weighted by Crippen LogP contribution is -2.46. The standard InChI is InChI=1S/C16H23ClN2O3/c1-11-9-13(20)6-8-19(11)16(21)5-7-18-14-10-12(17)3-4-15(14)22-2/h3-4,10-11,13,18,20H,5-9H2,1-2H3/t11-,13-/m0/s1. The number of benzene rings is 1. The Labute approximate surface area is 136 Å². The highest BCUT2D eigenvalue weighted by atomic mass is 35.5. The zero-order valence-electron chi connectivity index (χ0n) is 13.0. The lowest BCUT2D eigenvalue weighted by molar-refractivity contribution is -0.135. The number of methoxy groups -OCH3 is 1. The van der Waals surface area contributed by atoms with Gasteiger partial charge in [0, 0.05) is 30.6 Å². The van der Waals surface area contributed by atoms with Crippen molar-refractivity contribution in [1.82, 2.24) is 4.90 Å². The number of carbonyl (C=O) groups excluding carboxylic acids is 1. The highest BCUT2D eigenvalue weighted by Crippen LogP contribution is 2.27. The number of hydrogen-bond donors (Lipinski definition) is 2. The highest BCUT2D eigenvalue weighted by Gasteiger charge is 2.27. The van der Waals surface area contributed by atoms with E-state index in [-0.39, 0.29) is 18.1 Å². The van der Waals surface area contributed by atoms with Crippen molar-refractivity contribution in [3.63, 3.8) is 0 Å². The van der Waals surface area contributed by atoms with Gasteiger partial charge in [0.25, 0.3) is 0 Å². The molecule has 2 N–H and O–H groups in total. The van der Waals surface area contributed by atoms with Crippen LogP contribution in [0, 0.1) is 0 Å². The van der Waals surface area contributed by atoms with Crippen LogP contribution in [0.1, 0.15) is 26.2 Å². The molecule has 0 bridgehead atoms. The largest absolute Gasteiger partial charge is 0.495 e. The van der Waals surface area contributed by atoms with Gasteiger partial charge in [-0.2, -0.15) is 0 Å². The predicted molar refractivity (Wildman–Crippen MR) is 87.5 cm³/mol. The first kappa shape index (κ1) is 16.9. The van der Waals surface area contributed by atoms with E-state index in [1.54, 1.807) is 25.3 Å². The Hall–Kier alpha value is -1.46. The van der Waals surface area contributed by atoms with E-state index in [0.717, 1.165) is 5.69 Å². The average Bonchev–Trinajstić information content (AvgIpc) is 2.47. The molecule has 1 aliphatic rings. The lowest BCUT2D eigenvalue weighted by atomic mass is 10.0. The van der Waals surface area contributed by atoms with Gasteiger partial charge in [-0.3, -0.25) is 4.79 Å². The molecule has 22 heavy (non-hydrogen) atoms. The fourth-order valence-electron chi connectivity index (χ4n) is 2.78. The summed E-state index contributed by atoms with van der Waals surface area (Å²) < 4.78 is 5.26. The van der Waals surface area contributed by atoms with Gasteiger partial charge < -0.3 is 20.1 Å². The molecular formula is C16H23ClN2O3. The number of halogens is 1. The van der Waals surface area contributed by atoms with E-state index in [0.29, 0.717) is 43.1 Å². The number of ether oxygens (including phenoxy) is 1. The number of rotatable bonds is 5. The molecule has 0 saturated carbocycles. The normalized spacial score (nSPS) is 21.5. The maximum Gasteiger partial charge on any atom is 0.224 e. The molecule has 1 amide bonds. The van der Waals surface area contributed by atoms with Crippen LogP contribution in [0.5, 0.6) is 5.75 Å². The van der Waals surface area contributed by atoms with Gasteiger partial charge in [0.2, 0.25) is 5.91 Å². The van der Waals surface area contributed by atoms with E-state index in [1.165, 1.54) is 0 Å². The summed E-state index contributed by atoms with van der Waals surface area (Å²) in [6.07, 6.45) is 1.43. The van der Waals surface area contributed by atoms with E-state index in [9.17, 15) is 9.90 Å². The Morgan fingerprint density at radius 1 is 1.55 bits per heavy atom. The average molecular weight is 327 g/mol. The first-order valence-electron chi connectivity index (χ1n) is 7.56. The molecule has 1 aromatic carbocycles. The summed E-state index contributed by atoms with van der Waals surface area (Å²) in [5.74, 6) is 0.805. The predicted octanol–water partition coefficient (Wildman–Crippen LogP) is 2.52. The number of likely N-dealkylation sites (tertiary alicyclic amines) is 1. The first-order chi connectivity index (χ1) is 10.5. The molecule has 0 aliphatic carbocycles. The number of aliphatic hydroxyl groups excluding tert-OH is 1. The summed E-state index contributed by atoms with van der Waals surface area (Å²) in [6, 6.07) is 5.43. The second-order valence-electron chi connectivity index (χ2n) is 5.64. The Kier molecular flexibility index (Phi) is 5.91. The van der Waals surface area contributed by atoms with Crippen molar-refractivity contribution in [2.75, 3.05) is 25.5 Å². The second-order valence-corrected chi connectivity index (χ2v) is 6.07. The van der Waals surface area contributed by atoms with Crippen LogP contribution in [-0.4, -0.2) is 48.3 Å². The maximum absolute atomic E-state index is 12.3. The Balaban J connectivity index is 1.86. The van der Waals surface area contributed by atoms with Crippen molar-refractivity contribution in [2.24, 2.45) is 0 Å². The molecule has 6 heteroatoms. The van der Waals surface area contributed by atoms with Crippen molar-refractivity contribution in [3.05, 3.63) is 23.2 Å². The highest BCUT2D eigenvalue weighted by molar-refractivity contribution is 6.30. The number of carbonyl (C=O) groups is 1. The summed E-state index contributed by atoms with van der Waals surface area (Å²) in [7, 11) is 1.60. The van der Waals surface area contributed by atoms with Crippen molar-refractivity contribution in [2.45, 2.75) is 38.3 Å². The molecule has 5 nitrogen and oxygen atoms in total. The summed E-state index contributed by atoms with van der Waals surface area (Å²) in [5.41, 5.74) is 0.782. The van der Waals surface area contributed by atoms with Gasteiger partial charge in [-0.15, -0.1) is 0 Å². The summed E-state index contributed by atoms with van der Waals surface area (Å²) >= 11 is 5.98. The third-order valence-corrected chi connectivity index (χ3v) is 4.22. The molecular weight excluding hydrogens is 304 g/mol. The van der Waals surface area contributed by atoms with Crippen molar-refractivity contribution < 1.29 is 14.6 Å². The molecule has 1 aliphatic heterocycles. The smallest absolute Gasteiger partial charge is 0.224 e. The summed E-state index contributed by atoms with van der Waals surface area (Å²) in [5, 5.41) is 13.4. The monoisotopic (exact) mass is 326 g/mol. The van der Waals surface area contributed by atoms with E-state index in [4.69, 9.17) is 16.3 Å². The van der Waals surface area contributed by atoms with Crippen molar-refractivity contribution in [3.8, 4) is 5.75 Å². The molecule has 1 fully saturated rings. The minimum Gasteiger partial charge on any atom is -0.495 e. The third kappa shape index (κ3) is 4.27. The quantitative estimate of drug-likeness (QED) is 0.873. The Morgan fingerprint density at radius 3 is 3.00 bits per heavy atom.